The van der Waals surface area contributed by atoms with Crippen LogP contribution in [0.1, 0.15) is 36.7 Å². The Bertz CT molecular complexity index is 461. The molecule has 16 heavy (non-hydrogen) atoms. The quantitative estimate of drug-likeness (QED) is 0.853. The average Bonchev–Trinajstić information content (AvgIpc) is 2.87. The highest BCUT2D eigenvalue weighted by atomic mass is 16.5. The normalized spacial score (nSPS) is 12.9. The SMILES string of the molecule is CCC(O)c1ccn(Cc2noc(C)n2)c1. The fourth-order valence-corrected chi connectivity index (χ4v) is 1.56. The summed E-state index contributed by atoms with van der Waals surface area (Å²) in [4.78, 5) is 4.12. The molecule has 1 N–H and O–H groups in total. The van der Waals surface area contributed by atoms with Crippen LogP contribution in [0.4, 0.5) is 0 Å². The molecule has 1 unspecified atom stereocenters. The fourth-order valence-electron chi connectivity index (χ4n) is 1.56. The molecule has 0 spiro atoms. The summed E-state index contributed by atoms with van der Waals surface area (Å²) in [5, 5.41) is 13.5. The van der Waals surface area contributed by atoms with Crippen LogP contribution < -0.4 is 0 Å². The van der Waals surface area contributed by atoms with E-state index >= 15 is 0 Å². The highest BCUT2D eigenvalue weighted by molar-refractivity contribution is 5.13. The van der Waals surface area contributed by atoms with Crippen molar-refractivity contribution in [2.24, 2.45) is 0 Å². The zero-order valence-electron chi connectivity index (χ0n) is 9.42. The molecule has 5 heteroatoms. The number of aliphatic hydroxyl groups is 1. The lowest BCUT2D eigenvalue weighted by atomic mass is 10.1. The fraction of sp³-hybridized carbons (Fsp3) is 0.455. The third-order valence-corrected chi connectivity index (χ3v) is 2.44. The van der Waals surface area contributed by atoms with Crippen LogP contribution in [0.2, 0.25) is 0 Å². The van der Waals surface area contributed by atoms with Crippen LogP contribution in [0.15, 0.2) is 23.0 Å². The van der Waals surface area contributed by atoms with Crippen LogP contribution in [-0.2, 0) is 6.54 Å². The first-order valence-corrected chi connectivity index (χ1v) is 5.32. The molecule has 0 aliphatic heterocycles. The average molecular weight is 221 g/mol. The number of aromatic nitrogens is 3. The summed E-state index contributed by atoms with van der Waals surface area (Å²) in [6.07, 6.45) is 4.12. The molecule has 0 aromatic carbocycles. The van der Waals surface area contributed by atoms with Crippen molar-refractivity contribution in [3.63, 3.8) is 0 Å². The van der Waals surface area contributed by atoms with Gasteiger partial charge in [-0.05, 0) is 18.1 Å². The topological polar surface area (TPSA) is 64.1 Å². The van der Waals surface area contributed by atoms with Gasteiger partial charge in [-0.1, -0.05) is 12.1 Å². The molecule has 5 nitrogen and oxygen atoms in total. The largest absolute Gasteiger partial charge is 0.388 e. The van der Waals surface area contributed by atoms with Crippen LogP contribution in [-0.4, -0.2) is 19.8 Å². The van der Waals surface area contributed by atoms with Crippen molar-refractivity contribution in [1.82, 2.24) is 14.7 Å². The summed E-state index contributed by atoms with van der Waals surface area (Å²) >= 11 is 0. The Kier molecular flexibility index (Phi) is 3.05. The minimum Gasteiger partial charge on any atom is -0.388 e. The van der Waals surface area contributed by atoms with E-state index in [2.05, 4.69) is 10.1 Å². The van der Waals surface area contributed by atoms with E-state index in [-0.39, 0.29) is 0 Å². The van der Waals surface area contributed by atoms with E-state index < -0.39 is 6.10 Å². The Morgan fingerprint density at radius 1 is 1.56 bits per heavy atom. The lowest BCUT2D eigenvalue weighted by molar-refractivity contribution is 0.173. The summed E-state index contributed by atoms with van der Waals surface area (Å²) in [6, 6.07) is 1.90. The zero-order chi connectivity index (χ0) is 11.5. The van der Waals surface area contributed by atoms with Crippen molar-refractivity contribution in [2.75, 3.05) is 0 Å². The monoisotopic (exact) mass is 221 g/mol. The predicted octanol–water partition coefficient (Wildman–Crippen LogP) is 1.67. The van der Waals surface area contributed by atoms with E-state index in [0.717, 1.165) is 5.56 Å². The number of aryl methyl sites for hydroxylation is 1. The number of rotatable bonds is 4. The van der Waals surface area contributed by atoms with E-state index in [0.29, 0.717) is 24.7 Å². The molecule has 86 valence electrons. The first-order valence-electron chi connectivity index (χ1n) is 5.32. The van der Waals surface area contributed by atoms with Crippen LogP contribution in [0.5, 0.6) is 0 Å². The molecule has 0 aliphatic rings. The van der Waals surface area contributed by atoms with E-state index in [1.807, 2.05) is 30.0 Å². The maximum absolute atomic E-state index is 9.65. The van der Waals surface area contributed by atoms with Gasteiger partial charge in [0.05, 0.1) is 12.6 Å². The van der Waals surface area contributed by atoms with Gasteiger partial charge >= 0.3 is 0 Å². The summed E-state index contributed by atoms with van der Waals surface area (Å²) in [7, 11) is 0. The van der Waals surface area contributed by atoms with Crippen molar-refractivity contribution in [2.45, 2.75) is 32.9 Å². The van der Waals surface area contributed by atoms with Crippen molar-refractivity contribution < 1.29 is 9.63 Å². The van der Waals surface area contributed by atoms with Crippen molar-refractivity contribution in [1.29, 1.82) is 0 Å². The molecule has 2 aromatic rings. The molecule has 2 rings (SSSR count). The van der Waals surface area contributed by atoms with Crippen LogP contribution in [0, 0.1) is 6.92 Å². The lowest BCUT2D eigenvalue weighted by Gasteiger charge is -2.03. The van der Waals surface area contributed by atoms with Gasteiger partial charge in [-0.15, -0.1) is 0 Å². The number of aliphatic hydroxyl groups excluding tert-OH is 1. The number of hydrogen-bond acceptors (Lipinski definition) is 4. The van der Waals surface area contributed by atoms with Gasteiger partial charge in [-0.2, -0.15) is 4.98 Å². The smallest absolute Gasteiger partial charge is 0.223 e. The molecular weight excluding hydrogens is 206 g/mol. The highest BCUT2D eigenvalue weighted by Gasteiger charge is 2.08. The molecule has 0 radical (unpaired) electrons. The highest BCUT2D eigenvalue weighted by Crippen LogP contribution is 2.16. The molecule has 1 atom stereocenters. The van der Waals surface area contributed by atoms with Gasteiger partial charge in [0.25, 0.3) is 0 Å². The van der Waals surface area contributed by atoms with Gasteiger partial charge in [0.2, 0.25) is 5.89 Å². The van der Waals surface area contributed by atoms with Crippen LogP contribution in [0.25, 0.3) is 0 Å². The Morgan fingerprint density at radius 3 is 3.00 bits per heavy atom. The maximum Gasteiger partial charge on any atom is 0.223 e. The van der Waals surface area contributed by atoms with Gasteiger partial charge < -0.3 is 14.2 Å². The Balaban J connectivity index is 2.08. The molecule has 0 fully saturated rings. The molecular formula is C11H15N3O2. The molecule has 2 aromatic heterocycles. The van der Waals surface area contributed by atoms with Crippen molar-refractivity contribution in [3.05, 3.63) is 35.7 Å². The second kappa shape index (κ2) is 4.49. The summed E-state index contributed by atoms with van der Waals surface area (Å²) in [6.45, 7) is 4.27. The van der Waals surface area contributed by atoms with Gasteiger partial charge in [0.15, 0.2) is 5.82 Å². The molecule has 0 aliphatic carbocycles. The lowest BCUT2D eigenvalue weighted by Crippen LogP contribution is -1.99. The second-order valence-corrected chi connectivity index (χ2v) is 3.77. The molecule has 0 amide bonds. The third-order valence-electron chi connectivity index (χ3n) is 2.44. The van der Waals surface area contributed by atoms with E-state index in [1.165, 1.54) is 0 Å². The summed E-state index contributed by atoms with van der Waals surface area (Å²) in [5.41, 5.74) is 0.919. The Hall–Kier alpha value is -1.62. The standard InChI is InChI=1S/C11H15N3O2/c1-3-10(15)9-4-5-14(6-9)7-11-12-8(2)16-13-11/h4-6,10,15H,3,7H2,1-2H3. The van der Waals surface area contributed by atoms with Crippen LogP contribution in [0.3, 0.4) is 0 Å². The molecule has 0 bridgehead atoms. The predicted molar refractivity (Wildman–Crippen MR) is 57.8 cm³/mol. The van der Waals surface area contributed by atoms with E-state index in [4.69, 9.17) is 4.52 Å². The Morgan fingerprint density at radius 2 is 2.38 bits per heavy atom. The van der Waals surface area contributed by atoms with Gasteiger partial charge in [0, 0.05) is 19.3 Å². The number of nitrogens with zero attached hydrogens (tertiary/aromatic N) is 3. The van der Waals surface area contributed by atoms with Crippen LogP contribution >= 0.6 is 0 Å². The molecule has 0 saturated heterocycles. The Labute approximate surface area is 93.7 Å². The minimum absolute atomic E-state index is 0.395. The van der Waals surface area contributed by atoms with Gasteiger partial charge in [-0.25, -0.2) is 0 Å². The van der Waals surface area contributed by atoms with Crippen molar-refractivity contribution in [3.8, 4) is 0 Å². The first kappa shape index (κ1) is 10.9. The van der Waals surface area contributed by atoms with Crippen molar-refractivity contribution >= 4 is 0 Å². The van der Waals surface area contributed by atoms with Gasteiger partial charge in [-0.3, -0.25) is 0 Å². The van der Waals surface area contributed by atoms with Gasteiger partial charge in [0.1, 0.15) is 0 Å². The minimum atomic E-state index is -0.395. The molecule has 0 saturated carbocycles. The third kappa shape index (κ3) is 2.30. The van der Waals surface area contributed by atoms with E-state index in [9.17, 15) is 5.11 Å². The van der Waals surface area contributed by atoms with E-state index in [1.54, 1.807) is 6.92 Å². The summed E-state index contributed by atoms with van der Waals surface area (Å²) < 4.78 is 6.82. The second-order valence-electron chi connectivity index (χ2n) is 3.77. The molecule has 2 heterocycles. The maximum atomic E-state index is 9.65. The number of hydrogen-bond donors (Lipinski definition) is 1. The zero-order valence-corrected chi connectivity index (χ0v) is 9.42. The summed E-state index contributed by atoms with van der Waals surface area (Å²) in [5.74, 6) is 1.21. The first-order chi connectivity index (χ1) is 7.69.